The molecule has 12 nitrogen and oxygen atoms in total. The molecular weight excluding hydrogens is 659 g/mol. The van der Waals surface area contributed by atoms with Crippen LogP contribution in [0.4, 0.5) is 13.2 Å². The zero-order valence-corrected chi connectivity index (χ0v) is 30.6. The summed E-state index contributed by atoms with van der Waals surface area (Å²) in [5.41, 5.74) is 11.1. The van der Waals surface area contributed by atoms with Gasteiger partial charge in [-0.15, -0.1) is 0 Å². The number of rotatable bonds is 29. The summed E-state index contributed by atoms with van der Waals surface area (Å²) in [5, 5.41) is 24.9. The van der Waals surface area contributed by atoms with Crippen LogP contribution >= 0.6 is 0 Å². The van der Waals surface area contributed by atoms with Gasteiger partial charge >= 0.3 is 18.1 Å². The molecule has 3 unspecified atom stereocenters. The zero-order chi connectivity index (χ0) is 38.4. The van der Waals surface area contributed by atoms with Crippen LogP contribution in [0.15, 0.2) is 0 Å². The second-order valence-electron chi connectivity index (χ2n) is 13.1. The van der Waals surface area contributed by atoms with Gasteiger partial charge in [-0.2, -0.15) is 13.2 Å². The summed E-state index contributed by atoms with van der Waals surface area (Å²) in [6.45, 7) is 6.74. The van der Waals surface area contributed by atoms with E-state index in [2.05, 4.69) is 22.9 Å². The van der Waals surface area contributed by atoms with Crippen molar-refractivity contribution < 1.29 is 47.4 Å². The molecule has 3 atom stereocenters. The van der Waals surface area contributed by atoms with E-state index in [4.69, 9.17) is 21.4 Å². The Balaban J connectivity index is 0. The fourth-order valence-corrected chi connectivity index (χ4v) is 5.13. The average molecular weight is 726 g/mol. The van der Waals surface area contributed by atoms with E-state index < -0.39 is 48.1 Å². The summed E-state index contributed by atoms with van der Waals surface area (Å²) in [4.78, 5) is 59.5. The number of unbranched alkanes of at least 4 members (excludes halogenated alkanes) is 14. The quantitative estimate of drug-likeness (QED) is 0.0481. The second-order valence-corrected chi connectivity index (χ2v) is 13.1. The molecule has 0 saturated carbocycles. The van der Waals surface area contributed by atoms with Gasteiger partial charge in [0.2, 0.25) is 17.7 Å². The van der Waals surface area contributed by atoms with Crippen LogP contribution in [0.2, 0.25) is 0 Å². The minimum atomic E-state index is -5.08. The molecule has 0 rings (SSSR count). The number of nitrogens with one attached hydrogen (secondary N) is 3. The summed E-state index contributed by atoms with van der Waals surface area (Å²) in [6, 6.07) is -2.77. The van der Waals surface area contributed by atoms with E-state index >= 15 is 0 Å². The van der Waals surface area contributed by atoms with Gasteiger partial charge in [0.1, 0.15) is 18.1 Å². The van der Waals surface area contributed by atoms with Crippen LogP contribution in [0, 0.1) is 5.92 Å². The Morgan fingerprint density at radius 3 is 1.40 bits per heavy atom. The van der Waals surface area contributed by atoms with E-state index in [0.717, 1.165) is 25.7 Å². The molecule has 0 aliphatic rings. The van der Waals surface area contributed by atoms with Crippen molar-refractivity contribution in [3.63, 3.8) is 0 Å². The van der Waals surface area contributed by atoms with Crippen molar-refractivity contribution >= 4 is 29.7 Å². The van der Waals surface area contributed by atoms with Gasteiger partial charge in [-0.05, 0) is 64.0 Å². The Morgan fingerprint density at radius 2 is 1.02 bits per heavy atom. The van der Waals surface area contributed by atoms with E-state index in [1.165, 1.54) is 64.2 Å². The highest BCUT2D eigenvalue weighted by molar-refractivity contribution is 5.93. The number of amides is 3. The molecule has 294 valence electrons. The molecule has 9 N–H and O–H groups in total. The average Bonchev–Trinajstić information content (AvgIpc) is 3.04. The molecule has 0 saturated heterocycles. The third-order valence-corrected chi connectivity index (χ3v) is 8.16. The van der Waals surface area contributed by atoms with Crippen LogP contribution in [0.3, 0.4) is 0 Å². The summed E-state index contributed by atoms with van der Waals surface area (Å²) in [5.74, 6) is -5.34. The minimum Gasteiger partial charge on any atom is -0.480 e. The van der Waals surface area contributed by atoms with Gasteiger partial charge in [0.05, 0.1) is 0 Å². The summed E-state index contributed by atoms with van der Waals surface area (Å²) in [7, 11) is 0. The molecule has 50 heavy (non-hydrogen) atoms. The Morgan fingerprint density at radius 1 is 0.600 bits per heavy atom. The third kappa shape index (κ3) is 27.8. The van der Waals surface area contributed by atoms with Crippen LogP contribution in [0.5, 0.6) is 0 Å². The van der Waals surface area contributed by atoms with Crippen LogP contribution in [-0.2, 0) is 24.0 Å². The summed E-state index contributed by atoms with van der Waals surface area (Å²) < 4.78 is 31.7. The first-order valence-corrected chi connectivity index (χ1v) is 18.4. The van der Waals surface area contributed by atoms with Crippen molar-refractivity contribution in [2.45, 2.75) is 173 Å². The van der Waals surface area contributed by atoms with Gasteiger partial charge in [-0.25, -0.2) is 9.59 Å². The van der Waals surface area contributed by atoms with Gasteiger partial charge < -0.3 is 37.6 Å². The molecule has 0 aliphatic heterocycles. The molecule has 0 aromatic rings. The minimum absolute atomic E-state index is 0.174. The van der Waals surface area contributed by atoms with Crippen molar-refractivity contribution in [3.05, 3.63) is 0 Å². The molecule has 0 bridgehead atoms. The second kappa shape index (κ2) is 30.8. The lowest BCUT2D eigenvalue weighted by Crippen LogP contribution is -2.57. The molecule has 0 heterocycles. The standard InChI is InChI=1S/C33H65N5O5.C2HF3O2/c1-4-5-6-7-8-9-10-11-12-13-14-15-16-23-29(39)36-27(21-17-19-24-34)31(40)38-30(26(2)3)32(41)37-28(33(42)43)22-18-20-25-35;3-2(4,5)1(6)7/h26-28,30H,4-25,34-35H2,1-3H3,(H,36,39)(H,37,41)(H,38,40)(H,42,43);(H,6,7). The zero-order valence-electron chi connectivity index (χ0n) is 30.6. The molecule has 0 radical (unpaired) electrons. The molecular formula is C35H66F3N5O7. The maximum atomic E-state index is 13.2. The Hall–Kier alpha value is -2.94. The van der Waals surface area contributed by atoms with Gasteiger partial charge in [0.15, 0.2) is 0 Å². The summed E-state index contributed by atoms with van der Waals surface area (Å²) in [6.07, 6.45) is 14.5. The van der Waals surface area contributed by atoms with Gasteiger partial charge in [-0.1, -0.05) is 97.8 Å². The molecule has 0 aromatic carbocycles. The number of nitrogens with two attached hydrogens (primary N) is 2. The Labute approximate surface area is 296 Å². The smallest absolute Gasteiger partial charge is 0.480 e. The first-order chi connectivity index (χ1) is 23.6. The SMILES string of the molecule is CCCCCCCCCCCCCCCC(=O)NC(CCCCN)C(=O)NC(C(=O)NC(CCCCN)C(=O)O)C(C)C.O=C(O)C(F)(F)F. The fourth-order valence-electron chi connectivity index (χ4n) is 5.13. The lowest BCUT2D eigenvalue weighted by atomic mass is 10.0. The fraction of sp³-hybridized carbons (Fsp3) is 0.857. The molecule has 3 amide bonds. The van der Waals surface area contributed by atoms with E-state index in [-0.39, 0.29) is 18.2 Å². The lowest BCUT2D eigenvalue weighted by Gasteiger charge is -2.26. The molecule has 0 aromatic heterocycles. The lowest BCUT2D eigenvalue weighted by molar-refractivity contribution is -0.192. The Kier molecular flexibility index (Phi) is 30.3. The van der Waals surface area contributed by atoms with Crippen molar-refractivity contribution in [1.29, 1.82) is 0 Å². The van der Waals surface area contributed by atoms with Gasteiger partial charge in [0.25, 0.3) is 0 Å². The van der Waals surface area contributed by atoms with Crippen LogP contribution in [0.25, 0.3) is 0 Å². The maximum Gasteiger partial charge on any atom is 0.490 e. The Bertz CT molecular complexity index is 939. The highest BCUT2D eigenvalue weighted by atomic mass is 19.4. The number of hydrogen-bond donors (Lipinski definition) is 7. The third-order valence-electron chi connectivity index (χ3n) is 8.16. The normalized spacial score (nSPS) is 13.1. The van der Waals surface area contributed by atoms with Crippen molar-refractivity contribution in [2.75, 3.05) is 13.1 Å². The molecule has 0 spiro atoms. The van der Waals surface area contributed by atoms with Crippen LogP contribution in [-0.4, -0.2) is 77.3 Å². The molecule has 0 fully saturated rings. The van der Waals surface area contributed by atoms with Crippen molar-refractivity contribution in [1.82, 2.24) is 16.0 Å². The van der Waals surface area contributed by atoms with E-state index in [1.807, 2.05) is 0 Å². The van der Waals surface area contributed by atoms with Gasteiger partial charge in [-0.3, -0.25) is 14.4 Å². The van der Waals surface area contributed by atoms with Crippen LogP contribution in [0.1, 0.15) is 149 Å². The van der Waals surface area contributed by atoms with Gasteiger partial charge in [0, 0.05) is 6.42 Å². The van der Waals surface area contributed by atoms with Crippen LogP contribution < -0.4 is 27.4 Å². The van der Waals surface area contributed by atoms with E-state index in [1.54, 1.807) is 13.8 Å². The maximum absolute atomic E-state index is 13.2. The van der Waals surface area contributed by atoms with Crippen molar-refractivity contribution in [2.24, 2.45) is 17.4 Å². The van der Waals surface area contributed by atoms with Crippen molar-refractivity contribution in [3.8, 4) is 0 Å². The molecule has 15 heteroatoms. The highest BCUT2D eigenvalue weighted by Gasteiger charge is 2.38. The molecule has 0 aliphatic carbocycles. The number of carboxylic acid groups (broad SMARTS) is 2. The number of carboxylic acids is 2. The first-order valence-electron chi connectivity index (χ1n) is 18.4. The number of carbonyl (C=O) groups excluding carboxylic acids is 3. The first kappa shape index (κ1) is 49.2. The number of halogens is 3. The predicted octanol–water partition coefficient (Wildman–Crippen LogP) is 5.55. The number of aliphatic carboxylic acids is 2. The summed E-state index contributed by atoms with van der Waals surface area (Å²) >= 11 is 0. The predicted molar refractivity (Wildman–Crippen MR) is 188 cm³/mol. The highest BCUT2D eigenvalue weighted by Crippen LogP contribution is 2.14. The monoisotopic (exact) mass is 725 g/mol. The van der Waals surface area contributed by atoms with E-state index in [9.17, 15) is 37.5 Å². The number of alkyl halides is 3. The largest absolute Gasteiger partial charge is 0.490 e. The number of hydrogen-bond acceptors (Lipinski definition) is 7. The topological polar surface area (TPSA) is 214 Å². The van der Waals surface area contributed by atoms with E-state index in [0.29, 0.717) is 45.2 Å². The number of carbonyl (C=O) groups is 5.